The summed E-state index contributed by atoms with van der Waals surface area (Å²) in [6.45, 7) is 0. The molecule has 0 unspecified atom stereocenters. The van der Waals surface area contributed by atoms with E-state index >= 15 is 0 Å². The molecule has 84 heavy (non-hydrogen) atoms. The summed E-state index contributed by atoms with van der Waals surface area (Å²) in [5.41, 5.74) is 18.3. The van der Waals surface area contributed by atoms with Crippen LogP contribution in [-0.2, 0) is 0 Å². The highest BCUT2D eigenvalue weighted by Gasteiger charge is 2.22. The van der Waals surface area contributed by atoms with E-state index < -0.39 is 0 Å². The molecular formula is C78H52F2N4. The highest BCUT2D eigenvalue weighted by atomic mass is 19.1. The second-order valence-electron chi connectivity index (χ2n) is 21.3. The van der Waals surface area contributed by atoms with Crippen LogP contribution in [0.1, 0.15) is 0 Å². The first-order valence-electron chi connectivity index (χ1n) is 28.3. The summed E-state index contributed by atoms with van der Waals surface area (Å²) in [6, 6.07) is 108. The lowest BCUT2D eigenvalue weighted by molar-refractivity contribution is 0.627. The highest BCUT2D eigenvalue weighted by Crippen LogP contribution is 2.43. The number of hydrogen-bond donors (Lipinski definition) is 0. The van der Waals surface area contributed by atoms with Gasteiger partial charge >= 0.3 is 0 Å². The Bertz CT molecular complexity index is 4550. The maximum absolute atomic E-state index is 14.7. The fraction of sp³-hybridized carbons (Fsp3) is 0. The van der Waals surface area contributed by atoms with Crippen molar-refractivity contribution in [2.24, 2.45) is 0 Å². The Balaban J connectivity index is 0.856. The number of halogens is 2. The molecule has 0 fully saturated rings. The molecule has 2 aromatic heterocycles. The molecule has 0 atom stereocenters. The molecule has 0 bridgehead atoms. The van der Waals surface area contributed by atoms with E-state index in [9.17, 15) is 8.78 Å². The normalized spacial score (nSPS) is 11.5. The number of anilines is 6. The van der Waals surface area contributed by atoms with Crippen LogP contribution >= 0.6 is 0 Å². The summed E-state index contributed by atoms with van der Waals surface area (Å²) in [6.07, 6.45) is 0. The van der Waals surface area contributed by atoms with Gasteiger partial charge < -0.3 is 18.9 Å². The molecule has 4 nitrogen and oxygen atoms in total. The monoisotopic (exact) mass is 1080 g/mol. The van der Waals surface area contributed by atoms with E-state index in [0.29, 0.717) is 0 Å². The van der Waals surface area contributed by atoms with Gasteiger partial charge in [-0.3, -0.25) is 0 Å². The third kappa shape index (κ3) is 9.32. The van der Waals surface area contributed by atoms with Gasteiger partial charge in [-0.05, 0) is 225 Å². The summed E-state index contributed by atoms with van der Waals surface area (Å²) in [7, 11) is 0. The summed E-state index contributed by atoms with van der Waals surface area (Å²) >= 11 is 0. The van der Waals surface area contributed by atoms with Crippen molar-refractivity contribution in [1.82, 2.24) is 9.13 Å². The Labute approximate surface area is 485 Å². The fourth-order valence-corrected chi connectivity index (χ4v) is 12.0. The maximum atomic E-state index is 14.7. The van der Waals surface area contributed by atoms with Gasteiger partial charge in [0.2, 0.25) is 0 Å². The van der Waals surface area contributed by atoms with Crippen LogP contribution in [-0.4, -0.2) is 9.13 Å². The van der Waals surface area contributed by atoms with Gasteiger partial charge in [0, 0.05) is 56.3 Å². The lowest BCUT2D eigenvalue weighted by atomic mass is 10.0. The SMILES string of the molecule is Fc1ccc(-c2cc3cc4c(cc(-c5ccc(F)cc5)n4-c4ccc(N(c5ccc(-c6ccccc6)cc5)c5ccc6ccccc6c5)cc4)cc3n2-c2ccc(N(c3ccc(-c4ccccc4)cc3)c3ccc4ccccc4c3)cc2)cc1. The Hall–Kier alpha value is -11.1. The maximum Gasteiger partial charge on any atom is 0.123 e. The number of aromatic nitrogens is 2. The smallest absolute Gasteiger partial charge is 0.123 e. The Kier molecular flexibility index (Phi) is 12.5. The van der Waals surface area contributed by atoms with Gasteiger partial charge in [0.15, 0.2) is 0 Å². The minimum Gasteiger partial charge on any atom is -0.310 e. The molecular weight excluding hydrogens is 1030 g/mol. The molecule has 15 aromatic rings. The first-order chi connectivity index (χ1) is 41.4. The van der Waals surface area contributed by atoms with Crippen molar-refractivity contribution in [3.63, 3.8) is 0 Å². The van der Waals surface area contributed by atoms with Crippen molar-refractivity contribution in [3.8, 4) is 56.1 Å². The van der Waals surface area contributed by atoms with Crippen LogP contribution in [0.3, 0.4) is 0 Å². The van der Waals surface area contributed by atoms with Crippen molar-refractivity contribution < 1.29 is 8.78 Å². The van der Waals surface area contributed by atoms with E-state index in [0.717, 1.165) is 123 Å². The molecule has 0 spiro atoms. The van der Waals surface area contributed by atoms with Gasteiger partial charge in [-0.15, -0.1) is 0 Å². The van der Waals surface area contributed by atoms with E-state index in [1.165, 1.54) is 35.0 Å². The van der Waals surface area contributed by atoms with E-state index in [4.69, 9.17) is 0 Å². The van der Waals surface area contributed by atoms with Crippen LogP contribution in [0.5, 0.6) is 0 Å². The first kappa shape index (κ1) is 49.9. The zero-order valence-electron chi connectivity index (χ0n) is 45.6. The summed E-state index contributed by atoms with van der Waals surface area (Å²) in [5.74, 6) is -0.589. The molecule has 2 heterocycles. The van der Waals surface area contributed by atoms with Crippen molar-refractivity contribution in [1.29, 1.82) is 0 Å². The van der Waals surface area contributed by atoms with Crippen LogP contribution in [0.4, 0.5) is 42.9 Å². The van der Waals surface area contributed by atoms with Gasteiger partial charge in [0.1, 0.15) is 11.6 Å². The van der Waals surface area contributed by atoms with Gasteiger partial charge in [0.05, 0.1) is 22.4 Å². The van der Waals surface area contributed by atoms with E-state index in [2.05, 4.69) is 274 Å². The predicted octanol–water partition coefficient (Wildman–Crippen LogP) is 21.8. The average molecular weight is 1080 g/mol. The summed E-state index contributed by atoms with van der Waals surface area (Å²) < 4.78 is 34.0. The number of benzene rings is 13. The van der Waals surface area contributed by atoms with Gasteiger partial charge in [0.25, 0.3) is 0 Å². The molecule has 0 saturated heterocycles. The van der Waals surface area contributed by atoms with Crippen LogP contribution in [0.2, 0.25) is 0 Å². The highest BCUT2D eigenvalue weighted by molar-refractivity contribution is 6.03. The molecule has 0 N–H and O–H groups in total. The van der Waals surface area contributed by atoms with Crippen molar-refractivity contribution in [2.75, 3.05) is 9.80 Å². The van der Waals surface area contributed by atoms with Crippen molar-refractivity contribution in [3.05, 3.63) is 327 Å². The molecule has 13 aromatic carbocycles. The number of rotatable bonds is 12. The minimum absolute atomic E-state index is 0.295. The second kappa shape index (κ2) is 21.1. The van der Waals surface area contributed by atoms with Crippen LogP contribution in [0, 0.1) is 11.6 Å². The molecule has 398 valence electrons. The first-order valence-corrected chi connectivity index (χ1v) is 28.3. The second-order valence-corrected chi connectivity index (χ2v) is 21.3. The summed E-state index contributed by atoms with van der Waals surface area (Å²) in [5, 5.41) is 6.68. The molecule has 0 radical (unpaired) electrons. The third-order valence-electron chi connectivity index (χ3n) is 16.2. The number of fused-ring (bicyclic) bond motifs is 4. The van der Waals surface area contributed by atoms with Gasteiger partial charge in [-0.1, -0.05) is 146 Å². The van der Waals surface area contributed by atoms with E-state index in [1.807, 2.05) is 36.4 Å². The van der Waals surface area contributed by atoms with Gasteiger partial charge in [-0.2, -0.15) is 0 Å². The van der Waals surface area contributed by atoms with Crippen molar-refractivity contribution >= 4 is 77.5 Å². The Morgan fingerprint density at radius 3 is 0.881 bits per heavy atom. The topological polar surface area (TPSA) is 16.3 Å². The van der Waals surface area contributed by atoms with E-state index in [1.54, 1.807) is 0 Å². The van der Waals surface area contributed by atoms with Crippen LogP contribution in [0.25, 0.3) is 99.5 Å². The molecule has 0 aliphatic heterocycles. The molecule has 0 saturated carbocycles. The molecule has 15 rings (SSSR count). The quantitative estimate of drug-likeness (QED) is 0.121. The number of nitrogens with zero attached hydrogens (tertiary/aromatic N) is 4. The number of hydrogen-bond acceptors (Lipinski definition) is 2. The molecule has 6 heteroatoms. The zero-order chi connectivity index (χ0) is 56.1. The lowest BCUT2D eigenvalue weighted by Gasteiger charge is -2.26. The van der Waals surface area contributed by atoms with Gasteiger partial charge in [-0.25, -0.2) is 8.78 Å². The molecule has 0 amide bonds. The predicted molar refractivity (Wildman–Crippen MR) is 346 cm³/mol. The van der Waals surface area contributed by atoms with E-state index in [-0.39, 0.29) is 11.6 Å². The molecule has 0 aliphatic carbocycles. The Morgan fingerprint density at radius 2 is 0.512 bits per heavy atom. The summed E-state index contributed by atoms with van der Waals surface area (Å²) in [4.78, 5) is 4.61. The average Bonchev–Trinajstić information content (AvgIpc) is 2.98. The third-order valence-corrected chi connectivity index (χ3v) is 16.2. The van der Waals surface area contributed by atoms with Crippen LogP contribution in [0.15, 0.2) is 315 Å². The Morgan fingerprint density at radius 1 is 0.214 bits per heavy atom. The van der Waals surface area contributed by atoms with Crippen LogP contribution < -0.4 is 9.80 Å². The molecule has 0 aliphatic rings. The zero-order valence-corrected chi connectivity index (χ0v) is 45.6. The van der Waals surface area contributed by atoms with Crippen molar-refractivity contribution in [2.45, 2.75) is 0 Å². The lowest BCUT2D eigenvalue weighted by Crippen LogP contribution is -2.10. The minimum atomic E-state index is -0.295. The largest absolute Gasteiger partial charge is 0.310 e. The fourth-order valence-electron chi connectivity index (χ4n) is 12.0. The standard InChI is InChI=1S/C78H52F2N4/c79-65-29-19-59(20-30-65)75-49-63-52-78-64(51-77(63)83(75)71-43-39-69(40-44-71)81(73-37-27-55-15-7-9-17-61(55)47-73)67-33-23-57(24-34-67)53-11-3-1-4-12-53)50-76(60-21-31-66(80)32-22-60)84(78)72-45-41-70(42-46-72)82(74-38-28-56-16-8-10-18-62(56)48-74)68-35-25-58(26-36-68)54-13-5-2-6-14-54/h1-52H.